The third-order valence-electron chi connectivity index (χ3n) is 4.08. The summed E-state index contributed by atoms with van der Waals surface area (Å²) in [5, 5.41) is 29.7. The maximum atomic E-state index is 9.69. The van der Waals surface area contributed by atoms with Gasteiger partial charge in [0.2, 0.25) is 0 Å². The normalized spacial score (nSPS) is 11.8. The quantitative estimate of drug-likeness (QED) is 0.576. The number of hydrogen-bond donors (Lipinski definition) is 3. The zero-order valence-electron chi connectivity index (χ0n) is 14.7. The third kappa shape index (κ3) is 4.66. The van der Waals surface area contributed by atoms with Gasteiger partial charge in [0.1, 0.15) is 11.4 Å². The van der Waals surface area contributed by atoms with E-state index in [1.165, 1.54) is 0 Å². The predicted molar refractivity (Wildman–Crippen MR) is 103 cm³/mol. The molecule has 0 fully saturated rings. The molecule has 0 bridgehead atoms. The summed E-state index contributed by atoms with van der Waals surface area (Å²) in [5.74, 6) is 1.03. The highest BCUT2D eigenvalue weighted by Gasteiger charge is 2.16. The van der Waals surface area contributed by atoms with E-state index in [2.05, 4.69) is 21.6 Å². The van der Waals surface area contributed by atoms with Crippen molar-refractivity contribution in [2.24, 2.45) is 0 Å². The number of nitrogens with zero attached hydrogens (tertiary/aromatic N) is 2. The molecule has 6 nitrogen and oxygen atoms in total. The Kier molecular flexibility index (Phi) is 6.09. The van der Waals surface area contributed by atoms with Gasteiger partial charge in [0, 0.05) is 11.6 Å². The van der Waals surface area contributed by atoms with Crippen LogP contribution in [0.2, 0.25) is 5.02 Å². The zero-order chi connectivity index (χ0) is 19.2. The molecule has 0 radical (unpaired) electrons. The molecule has 3 N–H and O–H groups in total. The summed E-state index contributed by atoms with van der Waals surface area (Å²) in [6.45, 7) is 2.21. The Morgan fingerprint density at radius 1 is 1.30 bits per heavy atom. The molecule has 3 aromatic rings. The zero-order valence-corrected chi connectivity index (χ0v) is 15.5. The Balaban J connectivity index is 1.77. The summed E-state index contributed by atoms with van der Waals surface area (Å²) in [7, 11) is 0. The summed E-state index contributed by atoms with van der Waals surface area (Å²) in [4.78, 5) is 0. The second-order valence-corrected chi connectivity index (χ2v) is 6.48. The number of aromatic amines is 1. The molecular weight excluding hydrogens is 364 g/mol. The smallest absolute Gasteiger partial charge is 0.172 e. The number of aryl methyl sites for hydroxylation is 1. The number of rotatable bonds is 7. The molecule has 0 unspecified atom stereocenters. The van der Waals surface area contributed by atoms with E-state index in [9.17, 15) is 5.11 Å². The predicted octanol–water partition coefficient (Wildman–Crippen LogP) is 3.86. The summed E-state index contributed by atoms with van der Waals surface area (Å²) in [5.41, 5.74) is 2.83. The first-order valence-corrected chi connectivity index (χ1v) is 8.80. The molecule has 0 amide bonds. The molecule has 1 heterocycles. The molecule has 7 heteroatoms. The highest BCUT2D eigenvalue weighted by molar-refractivity contribution is 6.30. The van der Waals surface area contributed by atoms with E-state index < -0.39 is 0 Å². The average molecular weight is 383 g/mol. The van der Waals surface area contributed by atoms with Crippen LogP contribution in [0.25, 0.3) is 0 Å². The van der Waals surface area contributed by atoms with Gasteiger partial charge in [-0.3, -0.25) is 5.10 Å². The fourth-order valence-corrected chi connectivity index (χ4v) is 2.95. The lowest BCUT2D eigenvalue weighted by Gasteiger charge is -2.16. The topological polar surface area (TPSA) is 94.0 Å². The maximum Gasteiger partial charge on any atom is 0.172 e. The molecule has 0 aliphatic carbocycles. The number of halogens is 1. The van der Waals surface area contributed by atoms with Crippen molar-refractivity contribution in [1.29, 1.82) is 5.26 Å². The van der Waals surface area contributed by atoms with Gasteiger partial charge in [-0.05, 0) is 30.7 Å². The first-order chi connectivity index (χ1) is 13.1. The number of nitrogens with one attached hydrogen (secondary N) is 2. The Hall–Kier alpha value is -2.85. The standard InChI is InChI=1S/C20H19ClN4O2/c1-13-20(27-17-8-14(10-22)7-16(21)9-17)18(25-24-13)11-23-19(12-26)15-5-3-2-4-6-15/h2-9,19,23,26H,11-12H2,1H3,(H,24,25)/t19-/m0/s1. The van der Waals surface area contributed by atoms with Gasteiger partial charge in [-0.2, -0.15) is 10.4 Å². The van der Waals surface area contributed by atoms with Crippen molar-refractivity contribution in [3.05, 3.63) is 76.1 Å². The molecule has 0 aliphatic rings. The number of aliphatic hydroxyl groups is 1. The lowest BCUT2D eigenvalue weighted by Crippen LogP contribution is -2.24. The van der Waals surface area contributed by atoms with Crippen LogP contribution < -0.4 is 10.1 Å². The number of hydrogen-bond acceptors (Lipinski definition) is 5. The highest BCUT2D eigenvalue weighted by atomic mass is 35.5. The minimum atomic E-state index is -0.215. The van der Waals surface area contributed by atoms with E-state index >= 15 is 0 Å². The number of aromatic nitrogens is 2. The van der Waals surface area contributed by atoms with Crippen LogP contribution in [-0.2, 0) is 6.54 Å². The molecule has 0 saturated heterocycles. The Bertz CT molecular complexity index is 950. The van der Waals surface area contributed by atoms with Crippen molar-refractivity contribution >= 4 is 11.6 Å². The van der Waals surface area contributed by atoms with Crippen LogP contribution in [0.4, 0.5) is 0 Å². The molecule has 138 valence electrons. The number of H-pyrrole nitrogens is 1. The van der Waals surface area contributed by atoms with Crippen molar-refractivity contribution in [3.8, 4) is 17.6 Å². The first kappa shape index (κ1) is 18.9. The van der Waals surface area contributed by atoms with E-state index in [1.807, 2.05) is 37.3 Å². The minimum Gasteiger partial charge on any atom is -0.453 e. The van der Waals surface area contributed by atoms with Gasteiger partial charge in [0.25, 0.3) is 0 Å². The molecule has 1 atom stereocenters. The molecule has 0 aliphatic heterocycles. The fourth-order valence-electron chi connectivity index (χ4n) is 2.72. The van der Waals surface area contributed by atoms with Gasteiger partial charge in [-0.1, -0.05) is 41.9 Å². The average Bonchev–Trinajstić information content (AvgIpc) is 3.02. The summed E-state index contributed by atoms with van der Waals surface area (Å²) >= 11 is 6.04. The van der Waals surface area contributed by atoms with Gasteiger partial charge < -0.3 is 15.2 Å². The Morgan fingerprint density at radius 2 is 2.07 bits per heavy atom. The maximum absolute atomic E-state index is 9.69. The molecule has 3 rings (SSSR count). The number of nitriles is 1. The van der Waals surface area contributed by atoms with Crippen molar-refractivity contribution in [1.82, 2.24) is 15.5 Å². The van der Waals surface area contributed by atoms with Gasteiger partial charge >= 0.3 is 0 Å². The SMILES string of the molecule is Cc1[nH]nc(CN[C@@H](CO)c2ccccc2)c1Oc1cc(Cl)cc(C#N)c1. The highest BCUT2D eigenvalue weighted by Crippen LogP contribution is 2.30. The summed E-state index contributed by atoms with van der Waals surface area (Å²) in [6, 6.07) is 16.4. The van der Waals surface area contributed by atoms with E-state index in [1.54, 1.807) is 18.2 Å². The van der Waals surface area contributed by atoms with Gasteiger partial charge in [-0.25, -0.2) is 0 Å². The van der Waals surface area contributed by atoms with Crippen LogP contribution >= 0.6 is 11.6 Å². The number of benzene rings is 2. The Labute approximate surface area is 162 Å². The van der Waals surface area contributed by atoms with Crippen molar-refractivity contribution in [2.75, 3.05) is 6.61 Å². The van der Waals surface area contributed by atoms with Crippen LogP contribution in [0.5, 0.6) is 11.5 Å². The first-order valence-electron chi connectivity index (χ1n) is 8.42. The molecule has 1 aromatic heterocycles. The summed E-state index contributed by atoms with van der Waals surface area (Å²) < 4.78 is 5.94. The van der Waals surface area contributed by atoms with Crippen molar-refractivity contribution in [3.63, 3.8) is 0 Å². The largest absolute Gasteiger partial charge is 0.453 e. The number of ether oxygens (including phenoxy) is 1. The van der Waals surface area contributed by atoms with Crippen molar-refractivity contribution in [2.45, 2.75) is 19.5 Å². The van der Waals surface area contributed by atoms with Gasteiger partial charge in [0.15, 0.2) is 5.75 Å². The third-order valence-corrected chi connectivity index (χ3v) is 4.30. The number of aliphatic hydroxyl groups excluding tert-OH is 1. The fraction of sp³-hybridized carbons (Fsp3) is 0.200. The molecule has 27 heavy (non-hydrogen) atoms. The second-order valence-electron chi connectivity index (χ2n) is 6.04. The van der Waals surface area contributed by atoms with Gasteiger partial charge in [-0.15, -0.1) is 0 Å². The van der Waals surface area contributed by atoms with Crippen LogP contribution in [-0.4, -0.2) is 21.9 Å². The van der Waals surface area contributed by atoms with Crippen molar-refractivity contribution < 1.29 is 9.84 Å². The van der Waals surface area contributed by atoms with E-state index in [0.717, 1.165) is 11.3 Å². The van der Waals surface area contributed by atoms with Crippen LogP contribution in [0, 0.1) is 18.3 Å². The lowest BCUT2D eigenvalue weighted by molar-refractivity contribution is 0.243. The van der Waals surface area contributed by atoms with Crippen LogP contribution in [0.15, 0.2) is 48.5 Å². The van der Waals surface area contributed by atoms with E-state index in [4.69, 9.17) is 21.6 Å². The molecular formula is C20H19ClN4O2. The second kappa shape index (κ2) is 8.69. The van der Waals surface area contributed by atoms with E-state index in [0.29, 0.717) is 34.3 Å². The van der Waals surface area contributed by atoms with Gasteiger partial charge in [0.05, 0.1) is 30.0 Å². The Morgan fingerprint density at radius 3 is 2.78 bits per heavy atom. The minimum absolute atomic E-state index is 0.0383. The monoisotopic (exact) mass is 382 g/mol. The summed E-state index contributed by atoms with van der Waals surface area (Å²) in [6.07, 6.45) is 0. The molecule has 0 saturated carbocycles. The molecule has 0 spiro atoms. The van der Waals surface area contributed by atoms with E-state index in [-0.39, 0.29) is 12.6 Å². The van der Waals surface area contributed by atoms with Crippen LogP contribution in [0.1, 0.15) is 28.6 Å². The van der Waals surface area contributed by atoms with Crippen LogP contribution in [0.3, 0.4) is 0 Å². The lowest BCUT2D eigenvalue weighted by atomic mass is 10.1. The molecule has 2 aromatic carbocycles.